The number of fused-ring (bicyclic) bond motifs is 2. The summed E-state index contributed by atoms with van der Waals surface area (Å²) in [6, 6.07) is 8.72. The largest absolute Gasteiger partial charge is 0.390 e. The molecule has 1 aromatic carbocycles. The third-order valence-corrected chi connectivity index (χ3v) is 9.73. The molecule has 216 valence electrons. The van der Waals surface area contributed by atoms with Crippen molar-refractivity contribution in [2.24, 2.45) is 16.6 Å². The Morgan fingerprint density at radius 2 is 1.98 bits per heavy atom. The number of amides is 1. The van der Waals surface area contributed by atoms with Gasteiger partial charge in [0.2, 0.25) is 10.0 Å². The molecular weight excluding hydrogens is 560 g/mol. The molecule has 3 heterocycles. The van der Waals surface area contributed by atoms with Crippen LogP contribution in [0.4, 0.5) is 0 Å². The van der Waals surface area contributed by atoms with Crippen LogP contribution in [0.2, 0.25) is 0 Å². The minimum Gasteiger partial charge on any atom is -0.390 e. The van der Waals surface area contributed by atoms with Crippen LogP contribution in [0.1, 0.15) is 42.0 Å². The number of aromatic nitrogens is 2. The van der Waals surface area contributed by atoms with Crippen LogP contribution < -0.4 is 11.1 Å². The van der Waals surface area contributed by atoms with Gasteiger partial charge in [0.25, 0.3) is 5.91 Å². The first-order valence-corrected chi connectivity index (χ1v) is 15.8. The summed E-state index contributed by atoms with van der Waals surface area (Å²) in [6.07, 6.45) is 6.02. The molecule has 1 aliphatic heterocycles. The van der Waals surface area contributed by atoms with E-state index in [4.69, 9.17) is 5.73 Å². The third-order valence-electron chi connectivity index (χ3n) is 7.05. The second kappa shape index (κ2) is 11.7. The fourth-order valence-corrected chi connectivity index (χ4v) is 7.59. The summed E-state index contributed by atoms with van der Waals surface area (Å²) in [5, 5.41) is 16.4. The minimum absolute atomic E-state index is 0.00289. The number of nitrogens with zero attached hydrogens (tertiary/aromatic N) is 4. The van der Waals surface area contributed by atoms with Crippen molar-refractivity contribution in [3.63, 3.8) is 0 Å². The predicted molar refractivity (Wildman–Crippen MR) is 161 cm³/mol. The van der Waals surface area contributed by atoms with E-state index in [1.54, 1.807) is 35.7 Å². The number of hydrogen-bond donors (Lipinski definition) is 3. The summed E-state index contributed by atoms with van der Waals surface area (Å²) < 4.78 is 30.8. The number of aliphatic hydroxyl groups is 1. The van der Waals surface area contributed by atoms with Crippen molar-refractivity contribution in [1.82, 2.24) is 19.0 Å². The van der Waals surface area contributed by atoms with E-state index in [1.165, 1.54) is 15.6 Å². The highest BCUT2D eigenvalue weighted by atomic mass is 32.2. The maximum absolute atomic E-state index is 13.9. The Morgan fingerprint density at radius 1 is 1.22 bits per heavy atom. The van der Waals surface area contributed by atoms with Crippen LogP contribution in [0.15, 0.2) is 81.4 Å². The Kier molecular flexibility index (Phi) is 8.28. The highest BCUT2D eigenvalue weighted by Gasteiger charge is 2.35. The van der Waals surface area contributed by atoms with Gasteiger partial charge in [-0.15, -0.1) is 11.3 Å². The Labute approximate surface area is 243 Å². The molecule has 2 aromatic heterocycles. The number of carbonyl (C=O) groups is 1. The van der Waals surface area contributed by atoms with Gasteiger partial charge < -0.3 is 16.2 Å². The monoisotopic (exact) mass is 594 g/mol. The van der Waals surface area contributed by atoms with E-state index in [-0.39, 0.29) is 36.2 Å². The smallest absolute Gasteiger partial charge is 0.270 e. The highest BCUT2D eigenvalue weighted by molar-refractivity contribution is 7.93. The molecule has 0 spiro atoms. The molecule has 1 aliphatic carbocycles. The number of hydrogen-bond acceptors (Lipinski definition) is 8. The Bertz CT molecular complexity index is 1680. The fraction of sp³-hybridized carbons (Fsp3) is 0.345. The number of benzene rings is 1. The van der Waals surface area contributed by atoms with Crippen LogP contribution in [-0.4, -0.2) is 64.1 Å². The van der Waals surface area contributed by atoms with E-state index in [0.29, 0.717) is 34.3 Å². The lowest BCUT2D eigenvalue weighted by Crippen LogP contribution is -2.51. The van der Waals surface area contributed by atoms with Crippen LogP contribution in [0, 0.1) is 12.8 Å². The van der Waals surface area contributed by atoms with E-state index in [2.05, 4.69) is 15.3 Å². The number of allylic oxidation sites excluding steroid dienone is 5. The summed E-state index contributed by atoms with van der Waals surface area (Å²) >= 11 is 1.42. The molecule has 0 saturated carbocycles. The lowest BCUT2D eigenvalue weighted by molar-refractivity contribution is 0.0771. The van der Waals surface area contributed by atoms with Crippen LogP contribution in [0.5, 0.6) is 0 Å². The summed E-state index contributed by atoms with van der Waals surface area (Å²) in [5.74, 6) is -0.0408. The van der Waals surface area contributed by atoms with Crippen LogP contribution in [-0.2, 0) is 16.4 Å². The number of imidazole rings is 1. The Hall–Kier alpha value is -3.58. The summed E-state index contributed by atoms with van der Waals surface area (Å²) in [4.78, 5) is 23.2. The average Bonchev–Trinajstić information content (AvgIpc) is 3.60. The number of sulfonamides is 1. The van der Waals surface area contributed by atoms with Crippen LogP contribution in [0.3, 0.4) is 0 Å². The summed E-state index contributed by atoms with van der Waals surface area (Å²) in [6.45, 7) is 5.61. The molecule has 2 atom stereocenters. The number of rotatable bonds is 11. The highest BCUT2D eigenvalue weighted by Crippen LogP contribution is 2.29. The minimum atomic E-state index is -3.96. The van der Waals surface area contributed by atoms with Crippen molar-refractivity contribution in [3.8, 4) is 0 Å². The van der Waals surface area contributed by atoms with Gasteiger partial charge in [0.05, 0.1) is 28.5 Å². The first kappa shape index (κ1) is 28.9. The van der Waals surface area contributed by atoms with E-state index >= 15 is 0 Å². The Balaban J connectivity index is 1.41. The van der Waals surface area contributed by atoms with E-state index in [1.807, 2.05) is 49.6 Å². The van der Waals surface area contributed by atoms with E-state index < -0.39 is 22.2 Å². The van der Waals surface area contributed by atoms with Crippen molar-refractivity contribution in [3.05, 3.63) is 93.4 Å². The van der Waals surface area contributed by atoms with Crippen molar-refractivity contribution in [2.75, 3.05) is 13.1 Å². The topological polar surface area (TPSA) is 142 Å². The molecule has 5 rings (SSSR count). The van der Waals surface area contributed by atoms with Gasteiger partial charge in [-0.05, 0) is 37.0 Å². The van der Waals surface area contributed by atoms with Crippen molar-refractivity contribution in [2.45, 2.75) is 45.8 Å². The molecule has 10 nitrogen and oxygen atoms in total. The number of nitrogens with one attached hydrogen (secondary N) is 1. The van der Waals surface area contributed by atoms with Crippen molar-refractivity contribution < 1.29 is 18.3 Å². The number of thiazole rings is 1. The normalized spacial score (nSPS) is 16.7. The van der Waals surface area contributed by atoms with E-state index in [9.17, 15) is 18.3 Å². The summed E-state index contributed by atoms with van der Waals surface area (Å²) in [7, 11) is -3.96. The van der Waals surface area contributed by atoms with Gasteiger partial charge in [0, 0.05) is 36.7 Å². The third kappa shape index (κ3) is 6.20. The quantitative estimate of drug-likeness (QED) is 0.311. The molecule has 4 N–H and O–H groups in total. The maximum atomic E-state index is 13.9. The molecular formula is C29H34N6O4S2. The first-order chi connectivity index (χ1) is 19.5. The van der Waals surface area contributed by atoms with Crippen molar-refractivity contribution >= 4 is 37.9 Å². The SMILES string of the molecule is Cc1nc2sccn2c1C(=O)NC(Cc1ccccc1)C(O)CN(CC(C)C)S(=O)(=O)C1=CC=C2C=C(N)N=C2C1. The average molecular weight is 595 g/mol. The van der Waals surface area contributed by atoms with Gasteiger partial charge in [-0.25, -0.2) is 18.4 Å². The second-order valence-corrected chi connectivity index (χ2v) is 13.6. The number of aliphatic imine (C=N–C) groups is 1. The zero-order valence-corrected chi connectivity index (χ0v) is 24.8. The molecule has 2 unspecified atom stereocenters. The van der Waals surface area contributed by atoms with Gasteiger partial charge in [0.15, 0.2) is 4.96 Å². The molecule has 1 amide bonds. The first-order valence-electron chi connectivity index (χ1n) is 13.4. The van der Waals surface area contributed by atoms with Gasteiger partial charge in [-0.1, -0.05) is 50.3 Å². The molecule has 0 saturated heterocycles. The predicted octanol–water partition coefficient (Wildman–Crippen LogP) is 3.16. The summed E-state index contributed by atoms with van der Waals surface area (Å²) in [5.41, 5.74) is 9.10. The molecule has 0 bridgehead atoms. The zero-order valence-electron chi connectivity index (χ0n) is 23.2. The van der Waals surface area contributed by atoms with Gasteiger partial charge in [-0.2, -0.15) is 4.31 Å². The number of aliphatic hydroxyl groups excluding tert-OH is 1. The molecule has 3 aromatic rings. The zero-order chi connectivity index (χ0) is 29.3. The van der Waals surface area contributed by atoms with Crippen LogP contribution in [0.25, 0.3) is 4.96 Å². The molecule has 2 aliphatic rings. The molecule has 41 heavy (non-hydrogen) atoms. The number of carbonyl (C=O) groups excluding carboxylic acids is 1. The van der Waals surface area contributed by atoms with Crippen LogP contribution >= 0.6 is 11.3 Å². The Morgan fingerprint density at radius 3 is 2.71 bits per heavy atom. The number of aryl methyl sites for hydroxylation is 1. The maximum Gasteiger partial charge on any atom is 0.270 e. The van der Waals surface area contributed by atoms with Crippen molar-refractivity contribution in [1.29, 1.82) is 0 Å². The van der Waals surface area contributed by atoms with Gasteiger partial charge in [-0.3, -0.25) is 9.20 Å². The number of nitrogens with two attached hydrogens (primary N) is 1. The second-order valence-electron chi connectivity index (χ2n) is 10.7. The molecule has 0 fully saturated rings. The lowest BCUT2D eigenvalue weighted by atomic mass is 10.0. The van der Waals surface area contributed by atoms with Gasteiger partial charge in [0.1, 0.15) is 11.5 Å². The lowest BCUT2D eigenvalue weighted by Gasteiger charge is -2.31. The molecule has 0 radical (unpaired) electrons. The standard InChI is InChI=1S/C29H34N6O4S2/c1-18(2)16-34(41(38,39)22-10-9-21-14-26(30)32-23(21)15-22)17-25(36)24(13-20-7-5-4-6-8-20)33-28(37)27-19(3)31-29-35(27)11-12-40-29/h4-12,14,18,24-25,36H,13,15-17,30H2,1-3H3,(H,33,37). The van der Waals surface area contributed by atoms with Gasteiger partial charge >= 0.3 is 0 Å². The fourth-order valence-electron chi connectivity index (χ4n) is 5.10. The molecule has 12 heteroatoms. The van der Waals surface area contributed by atoms with E-state index in [0.717, 1.165) is 11.1 Å².